The molecule has 11 heteroatoms. The minimum absolute atomic E-state index is 0. The zero-order valence-electron chi connectivity index (χ0n) is 14.9. The van der Waals surface area contributed by atoms with Gasteiger partial charge in [-0.15, -0.1) is 12.4 Å². The molecule has 0 spiro atoms. The number of anilines is 1. The van der Waals surface area contributed by atoms with E-state index in [1.54, 1.807) is 0 Å². The van der Waals surface area contributed by atoms with Crippen LogP contribution in [0.15, 0.2) is 23.1 Å². The lowest BCUT2D eigenvalue weighted by Gasteiger charge is -2.17. The van der Waals surface area contributed by atoms with E-state index < -0.39 is 31.1 Å². The summed E-state index contributed by atoms with van der Waals surface area (Å²) in [6.45, 7) is 4.42. The first kappa shape index (κ1) is 23.1. The minimum Gasteiger partial charge on any atom is -0.319 e. The van der Waals surface area contributed by atoms with Crippen molar-refractivity contribution in [3.63, 3.8) is 0 Å². The number of halogens is 2. The molecule has 1 fully saturated rings. The highest BCUT2D eigenvalue weighted by molar-refractivity contribution is 7.93. The lowest BCUT2D eigenvalue weighted by molar-refractivity contribution is 0.450. The van der Waals surface area contributed by atoms with Gasteiger partial charge in [-0.25, -0.2) is 21.2 Å². The summed E-state index contributed by atoms with van der Waals surface area (Å²) in [7, 11) is -5.70. The summed E-state index contributed by atoms with van der Waals surface area (Å²) in [5, 5.41) is 2.29. The standard InChI is InChI=1S/C15H24FN3O4S2.ClH/c1-11(2)24(20,21)18-15-5-4-13(8-14(15)16)25(22,23)19-7-6-12(10-19)9-17-3;/h4-5,8,11-12,17-18H,6-7,9-10H2,1-3H3;1H. The van der Waals surface area contributed by atoms with Gasteiger partial charge in [-0.2, -0.15) is 4.31 Å². The second-order valence-corrected chi connectivity index (χ2v) is 10.6. The molecular weight excluding hydrogens is 405 g/mol. The summed E-state index contributed by atoms with van der Waals surface area (Å²) in [6, 6.07) is 3.23. The first-order valence-corrected chi connectivity index (χ1v) is 11.0. The van der Waals surface area contributed by atoms with Gasteiger partial charge in [0, 0.05) is 13.1 Å². The van der Waals surface area contributed by atoms with Gasteiger partial charge >= 0.3 is 0 Å². The number of nitrogens with zero attached hydrogens (tertiary/aromatic N) is 1. The first-order chi connectivity index (χ1) is 11.6. The van der Waals surface area contributed by atoms with E-state index in [-0.39, 0.29) is 28.9 Å². The fraction of sp³-hybridized carbons (Fsp3) is 0.600. The molecule has 0 aromatic heterocycles. The molecule has 7 nitrogen and oxygen atoms in total. The maximum Gasteiger partial charge on any atom is 0.243 e. The molecule has 1 aliphatic heterocycles. The molecule has 1 heterocycles. The van der Waals surface area contributed by atoms with Crippen LogP contribution in [0.2, 0.25) is 0 Å². The van der Waals surface area contributed by atoms with Crippen molar-refractivity contribution in [3.05, 3.63) is 24.0 Å². The van der Waals surface area contributed by atoms with E-state index in [4.69, 9.17) is 0 Å². The van der Waals surface area contributed by atoms with E-state index in [2.05, 4.69) is 10.0 Å². The number of rotatable bonds is 7. The van der Waals surface area contributed by atoms with Gasteiger partial charge < -0.3 is 5.32 Å². The summed E-state index contributed by atoms with van der Waals surface area (Å²) in [4.78, 5) is -0.178. The Bertz CT molecular complexity index is 831. The molecule has 150 valence electrons. The van der Waals surface area contributed by atoms with Gasteiger partial charge in [0.1, 0.15) is 5.82 Å². The van der Waals surface area contributed by atoms with Crippen LogP contribution in [0.1, 0.15) is 20.3 Å². The summed E-state index contributed by atoms with van der Waals surface area (Å²) < 4.78 is 66.7. The molecule has 2 N–H and O–H groups in total. The molecule has 0 saturated carbocycles. The smallest absolute Gasteiger partial charge is 0.243 e. The third-order valence-corrected chi connectivity index (χ3v) is 7.80. The topological polar surface area (TPSA) is 95.6 Å². The zero-order valence-corrected chi connectivity index (χ0v) is 17.3. The van der Waals surface area contributed by atoms with Gasteiger partial charge in [0.05, 0.1) is 15.8 Å². The van der Waals surface area contributed by atoms with Crippen LogP contribution in [0.25, 0.3) is 0 Å². The van der Waals surface area contributed by atoms with Crippen LogP contribution in [0.3, 0.4) is 0 Å². The molecular formula is C15H25ClFN3O4S2. The number of hydrogen-bond acceptors (Lipinski definition) is 5. The van der Waals surface area contributed by atoms with E-state index in [1.807, 2.05) is 7.05 Å². The van der Waals surface area contributed by atoms with Gasteiger partial charge in [-0.1, -0.05) is 0 Å². The molecule has 2 rings (SSSR count). The van der Waals surface area contributed by atoms with E-state index in [9.17, 15) is 21.2 Å². The molecule has 0 bridgehead atoms. The highest BCUT2D eigenvalue weighted by Crippen LogP contribution is 2.27. The van der Waals surface area contributed by atoms with Gasteiger partial charge in [0.2, 0.25) is 20.0 Å². The number of hydrogen-bond donors (Lipinski definition) is 2. The van der Waals surface area contributed by atoms with E-state index in [0.717, 1.165) is 25.1 Å². The Kier molecular flexibility index (Phi) is 7.85. The van der Waals surface area contributed by atoms with Crippen molar-refractivity contribution in [2.24, 2.45) is 5.92 Å². The number of sulfonamides is 2. The number of benzene rings is 1. The summed E-state index contributed by atoms with van der Waals surface area (Å²) in [5.41, 5.74) is -0.262. The quantitative estimate of drug-likeness (QED) is 0.686. The third kappa shape index (κ3) is 5.07. The first-order valence-electron chi connectivity index (χ1n) is 8.04. The van der Waals surface area contributed by atoms with Crippen molar-refractivity contribution in [2.45, 2.75) is 30.4 Å². The van der Waals surface area contributed by atoms with Gasteiger partial charge in [0.25, 0.3) is 0 Å². The van der Waals surface area contributed by atoms with E-state index >= 15 is 0 Å². The Morgan fingerprint density at radius 2 is 1.92 bits per heavy atom. The molecule has 1 unspecified atom stereocenters. The van der Waals surface area contributed by atoms with Crippen molar-refractivity contribution < 1.29 is 21.2 Å². The van der Waals surface area contributed by atoms with Crippen LogP contribution in [-0.4, -0.2) is 53.1 Å². The molecule has 1 atom stereocenters. The minimum atomic E-state index is -3.80. The van der Waals surface area contributed by atoms with Crippen molar-refractivity contribution in [2.75, 3.05) is 31.4 Å². The van der Waals surface area contributed by atoms with Crippen LogP contribution < -0.4 is 10.0 Å². The average molecular weight is 430 g/mol. The van der Waals surface area contributed by atoms with Crippen LogP contribution in [-0.2, 0) is 20.0 Å². The third-order valence-electron chi connectivity index (χ3n) is 4.19. The van der Waals surface area contributed by atoms with Crippen LogP contribution >= 0.6 is 12.4 Å². The van der Waals surface area contributed by atoms with Crippen molar-refractivity contribution in [1.82, 2.24) is 9.62 Å². The Morgan fingerprint density at radius 1 is 1.27 bits per heavy atom. The zero-order chi connectivity index (χ0) is 18.8. The molecule has 1 saturated heterocycles. The fourth-order valence-corrected chi connectivity index (χ4v) is 4.88. The monoisotopic (exact) mass is 429 g/mol. The fourth-order valence-electron chi connectivity index (χ4n) is 2.63. The van der Waals surface area contributed by atoms with Crippen molar-refractivity contribution in [1.29, 1.82) is 0 Å². The second kappa shape index (κ2) is 8.83. The molecule has 1 aromatic rings. The predicted octanol–water partition coefficient (Wildman–Crippen LogP) is 1.63. The Balaban J connectivity index is 0.00000338. The Morgan fingerprint density at radius 3 is 2.46 bits per heavy atom. The van der Waals surface area contributed by atoms with E-state index in [1.165, 1.54) is 24.2 Å². The second-order valence-electron chi connectivity index (χ2n) is 6.41. The van der Waals surface area contributed by atoms with Crippen molar-refractivity contribution >= 4 is 38.1 Å². The van der Waals surface area contributed by atoms with Gasteiger partial charge in [-0.05, 0) is 58.0 Å². The SMILES string of the molecule is CNCC1CCN(S(=O)(=O)c2ccc(NS(=O)(=O)C(C)C)c(F)c2)C1.Cl. The van der Waals surface area contributed by atoms with Crippen LogP contribution in [0.4, 0.5) is 10.1 Å². The predicted molar refractivity (Wildman–Crippen MR) is 102 cm³/mol. The maximum absolute atomic E-state index is 14.2. The summed E-state index contributed by atoms with van der Waals surface area (Å²) in [6.07, 6.45) is 0.745. The van der Waals surface area contributed by atoms with E-state index in [0.29, 0.717) is 13.1 Å². The highest BCUT2D eigenvalue weighted by atomic mass is 35.5. The van der Waals surface area contributed by atoms with Gasteiger partial charge in [-0.3, -0.25) is 4.72 Å². The summed E-state index contributed by atoms with van der Waals surface area (Å²) >= 11 is 0. The average Bonchev–Trinajstić information content (AvgIpc) is 2.98. The lowest BCUT2D eigenvalue weighted by Crippen LogP contribution is -2.30. The number of nitrogens with one attached hydrogen (secondary N) is 2. The highest BCUT2D eigenvalue weighted by Gasteiger charge is 2.32. The molecule has 26 heavy (non-hydrogen) atoms. The largest absolute Gasteiger partial charge is 0.319 e. The molecule has 0 amide bonds. The molecule has 1 aliphatic rings. The van der Waals surface area contributed by atoms with Crippen LogP contribution in [0, 0.1) is 11.7 Å². The normalized spacial score (nSPS) is 18.7. The van der Waals surface area contributed by atoms with Crippen molar-refractivity contribution in [3.8, 4) is 0 Å². The maximum atomic E-state index is 14.2. The molecule has 0 aliphatic carbocycles. The molecule has 1 aromatic carbocycles. The summed E-state index contributed by atoms with van der Waals surface area (Å²) in [5.74, 6) is -0.696. The van der Waals surface area contributed by atoms with Gasteiger partial charge in [0.15, 0.2) is 0 Å². The van der Waals surface area contributed by atoms with Crippen LogP contribution in [0.5, 0.6) is 0 Å². The Labute approximate surface area is 160 Å². The lowest BCUT2D eigenvalue weighted by atomic mass is 10.1. The molecule has 0 radical (unpaired) electrons. The Hall–Kier alpha value is -0.940.